The van der Waals surface area contributed by atoms with Gasteiger partial charge >= 0.3 is 6.18 Å². The first kappa shape index (κ1) is 19.6. The molecule has 0 amide bonds. The van der Waals surface area contributed by atoms with Gasteiger partial charge in [0.1, 0.15) is 11.2 Å². The molecule has 4 rings (SSSR count). The van der Waals surface area contributed by atoms with Gasteiger partial charge in [-0.3, -0.25) is 4.57 Å². The smallest absolute Gasteiger partial charge is 0.417 e. The number of rotatable bonds is 2. The van der Waals surface area contributed by atoms with Crippen LogP contribution in [0.5, 0.6) is 11.8 Å². The van der Waals surface area contributed by atoms with Gasteiger partial charge in [-0.05, 0) is 32.0 Å². The first-order valence-electron chi connectivity index (χ1n) is 8.74. The summed E-state index contributed by atoms with van der Waals surface area (Å²) in [5.41, 5.74) is -3.28. The van der Waals surface area contributed by atoms with Crippen molar-refractivity contribution in [3.05, 3.63) is 40.5 Å². The molecule has 0 spiro atoms. The number of hydroxylamine groups is 2. The van der Waals surface area contributed by atoms with Gasteiger partial charge in [-0.2, -0.15) is 23.5 Å². The minimum atomic E-state index is -4.77. The summed E-state index contributed by atoms with van der Waals surface area (Å²) >= 11 is 0. The first-order valence-corrected chi connectivity index (χ1v) is 8.74. The van der Waals surface area contributed by atoms with Crippen LogP contribution in [0, 0.1) is 11.3 Å². The number of hydrogen-bond donors (Lipinski definition) is 2. The van der Waals surface area contributed by atoms with Crippen molar-refractivity contribution in [1.82, 2.24) is 9.63 Å². The van der Waals surface area contributed by atoms with Crippen molar-refractivity contribution in [2.45, 2.75) is 31.2 Å². The maximum Gasteiger partial charge on any atom is 0.417 e. The number of morpholine rings is 1. The molecule has 0 radical (unpaired) electrons. The standard InChI is InChI=1S/C19H18F3N3O4/c1-17-8-24(28-3)9-18(2,29-17)14-13(17)15(26)25(16(14)27)11-5-4-10(7-23)12(6-11)19(20,21)22/h4-6,26-27H,8-9H2,1-3H3. The minimum absolute atomic E-state index is 0.116. The largest absolute Gasteiger partial charge is 0.494 e. The van der Waals surface area contributed by atoms with Gasteiger partial charge in [-0.1, -0.05) is 0 Å². The van der Waals surface area contributed by atoms with E-state index in [1.807, 2.05) is 0 Å². The summed E-state index contributed by atoms with van der Waals surface area (Å²) in [6.07, 6.45) is -4.77. The maximum atomic E-state index is 13.4. The molecule has 29 heavy (non-hydrogen) atoms. The van der Waals surface area contributed by atoms with Crippen LogP contribution in [0.15, 0.2) is 18.2 Å². The third-order valence-corrected chi connectivity index (χ3v) is 5.53. The number of fused-ring (bicyclic) bond motifs is 5. The van der Waals surface area contributed by atoms with Gasteiger partial charge in [0.25, 0.3) is 0 Å². The summed E-state index contributed by atoms with van der Waals surface area (Å²) in [4.78, 5) is 5.30. The molecule has 2 atom stereocenters. The Labute approximate surface area is 164 Å². The van der Waals surface area contributed by atoms with Crippen LogP contribution in [0.25, 0.3) is 5.69 Å². The van der Waals surface area contributed by atoms with Crippen LogP contribution in [0.3, 0.4) is 0 Å². The predicted molar refractivity (Wildman–Crippen MR) is 93.2 cm³/mol. The normalized spacial score (nSPS) is 26.4. The van der Waals surface area contributed by atoms with E-state index in [-0.39, 0.29) is 18.8 Å². The number of alkyl halides is 3. The lowest BCUT2D eigenvalue weighted by molar-refractivity contribution is -0.272. The number of nitrogens with zero attached hydrogens (tertiary/aromatic N) is 3. The highest BCUT2D eigenvalue weighted by Gasteiger charge is 2.59. The molecule has 2 N–H and O–H groups in total. The summed E-state index contributed by atoms with van der Waals surface area (Å²) in [6.45, 7) is 3.94. The molecule has 1 aromatic heterocycles. The molecule has 154 valence electrons. The molecule has 1 fully saturated rings. The minimum Gasteiger partial charge on any atom is -0.494 e. The van der Waals surface area contributed by atoms with Crippen LogP contribution < -0.4 is 0 Å². The lowest BCUT2D eigenvalue weighted by Gasteiger charge is -2.42. The van der Waals surface area contributed by atoms with E-state index in [9.17, 15) is 23.4 Å². The zero-order chi connectivity index (χ0) is 21.4. The zero-order valence-electron chi connectivity index (χ0n) is 15.8. The van der Waals surface area contributed by atoms with E-state index in [0.717, 1.165) is 16.7 Å². The number of ether oxygens (including phenoxy) is 1. The van der Waals surface area contributed by atoms with Gasteiger partial charge in [-0.25, -0.2) is 0 Å². The second-order valence-corrected chi connectivity index (χ2v) is 7.62. The molecule has 2 bridgehead atoms. The molecule has 1 saturated heterocycles. The maximum absolute atomic E-state index is 13.4. The molecule has 1 aromatic carbocycles. The fraction of sp³-hybridized carbons (Fsp3) is 0.421. The van der Waals surface area contributed by atoms with Crippen LogP contribution in [0.4, 0.5) is 13.2 Å². The number of aromatic nitrogens is 1. The Morgan fingerprint density at radius 2 is 1.69 bits per heavy atom. The molecular formula is C19H18F3N3O4. The lowest BCUT2D eigenvalue weighted by atomic mass is 9.94. The zero-order valence-corrected chi connectivity index (χ0v) is 15.8. The van der Waals surface area contributed by atoms with E-state index in [4.69, 9.17) is 14.8 Å². The van der Waals surface area contributed by atoms with Crippen LogP contribution in [-0.2, 0) is 27.0 Å². The molecule has 7 nitrogen and oxygen atoms in total. The molecule has 2 aliphatic rings. The molecule has 2 unspecified atom stereocenters. The van der Waals surface area contributed by atoms with Crippen LogP contribution in [-0.4, -0.2) is 40.0 Å². The number of aromatic hydroxyl groups is 2. The molecule has 2 aromatic rings. The molecular weight excluding hydrogens is 391 g/mol. The molecule has 0 saturated carbocycles. The second kappa shape index (κ2) is 5.89. The van der Waals surface area contributed by atoms with Gasteiger partial charge in [0, 0.05) is 0 Å². The molecule has 3 heterocycles. The topological polar surface area (TPSA) is 90.9 Å². The third kappa shape index (κ3) is 2.62. The van der Waals surface area contributed by atoms with Crippen LogP contribution in [0.2, 0.25) is 0 Å². The summed E-state index contributed by atoms with van der Waals surface area (Å²) in [7, 11) is 1.50. The number of hydrogen-bond acceptors (Lipinski definition) is 6. The van der Waals surface area contributed by atoms with Gasteiger partial charge in [0.05, 0.1) is 54.2 Å². The number of nitriles is 1. The quantitative estimate of drug-likeness (QED) is 0.792. The SMILES string of the molecule is CON1CC2(C)OC(C)(C1)c1c2c(O)n(-c2ccc(C#N)c(C(F)(F)F)c2)c1O. The van der Waals surface area contributed by atoms with Crippen molar-refractivity contribution in [3.63, 3.8) is 0 Å². The summed E-state index contributed by atoms with van der Waals surface area (Å²) in [5, 5.41) is 32.4. The van der Waals surface area contributed by atoms with Crippen molar-refractivity contribution >= 4 is 0 Å². The Kier molecular flexibility index (Phi) is 3.97. The third-order valence-electron chi connectivity index (χ3n) is 5.53. The number of benzene rings is 1. The van der Waals surface area contributed by atoms with E-state index in [2.05, 4.69) is 0 Å². The Balaban J connectivity index is 1.94. The van der Waals surface area contributed by atoms with Crippen molar-refractivity contribution in [1.29, 1.82) is 5.26 Å². The highest BCUT2D eigenvalue weighted by Crippen LogP contribution is 2.59. The van der Waals surface area contributed by atoms with Crippen molar-refractivity contribution in [3.8, 4) is 23.5 Å². The first-order chi connectivity index (χ1) is 13.4. The van der Waals surface area contributed by atoms with E-state index >= 15 is 0 Å². The Morgan fingerprint density at radius 3 is 2.14 bits per heavy atom. The van der Waals surface area contributed by atoms with E-state index in [1.165, 1.54) is 19.2 Å². The van der Waals surface area contributed by atoms with E-state index in [0.29, 0.717) is 11.1 Å². The average Bonchev–Trinajstić information content (AvgIpc) is 3.00. The average molecular weight is 409 g/mol. The van der Waals surface area contributed by atoms with Gasteiger partial charge < -0.3 is 19.8 Å². The summed E-state index contributed by atoms with van der Waals surface area (Å²) in [6, 6.07) is 4.49. The van der Waals surface area contributed by atoms with E-state index in [1.54, 1.807) is 18.9 Å². The highest BCUT2D eigenvalue weighted by molar-refractivity contribution is 5.61. The Morgan fingerprint density at radius 1 is 1.14 bits per heavy atom. The Hall–Kier alpha value is -2.74. The van der Waals surface area contributed by atoms with Gasteiger partial charge in [0.2, 0.25) is 11.8 Å². The van der Waals surface area contributed by atoms with Crippen molar-refractivity contribution in [2.24, 2.45) is 0 Å². The Bertz CT molecular complexity index is 1020. The molecule has 10 heteroatoms. The fourth-order valence-electron chi connectivity index (χ4n) is 4.48. The summed E-state index contributed by atoms with van der Waals surface area (Å²) in [5.74, 6) is -0.834. The number of halogens is 3. The lowest BCUT2D eigenvalue weighted by Crippen LogP contribution is -2.51. The van der Waals surface area contributed by atoms with Crippen LogP contribution in [0.1, 0.15) is 36.1 Å². The van der Waals surface area contributed by atoms with Crippen molar-refractivity contribution in [2.75, 3.05) is 20.2 Å². The second-order valence-electron chi connectivity index (χ2n) is 7.62. The fourth-order valence-corrected chi connectivity index (χ4v) is 4.48. The highest BCUT2D eigenvalue weighted by atomic mass is 19.4. The summed E-state index contributed by atoms with van der Waals surface area (Å²) < 4.78 is 47.1. The van der Waals surface area contributed by atoms with Gasteiger partial charge in [0.15, 0.2) is 0 Å². The van der Waals surface area contributed by atoms with Crippen LogP contribution >= 0.6 is 0 Å². The molecule has 0 aliphatic carbocycles. The predicted octanol–water partition coefficient (Wildman–Crippen LogP) is 3.12. The van der Waals surface area contributed by atoms with Crippen molar-refractivity contribution < 1.29 is 33.0 Å². The molecule has 2 aliphatic heterocycles. The van der Waals surface area contributed by atoms with Gasteiger partial charge in [-0.15, -0.1) is 0 Å². The van der Waals surface area contributed by atoms with E-state index < -0.39 is 40.3 Å². The monoisotopic (exact) mass is 409 g/mol.